The number of methoxy groups -OCH3 is 1. The highest BCUT2D eigenvalue weighted by Crippen LogP contribution is 2.15. The second-order valence-corrected chi connectivity index (χ2v) is 5.16. The summed E-state index contributed by atoms with van der Waals surface area (Å²) >= 11 is 0. The quantitative estimate of drug-likeness (QED) is 0.836. The van der Waals surface area contributed by atoms with Crippen molar-refractivity contribution < 1.29 is 4.74 Å². The van der Waals surface area contributed by atoms with Crippen molar-refractivity contribution in [2.75, 3.05) is 50.5 Å². The Hall–Kier alpha value is -1.63. The summed E-state index contributed by atoms with van der Waals surface area (Å²) in [5.41, 5.74) is 5.66. The molecule has 0 radical (unpaired) electrons. The van der Waals surface area contributed by atoms with Crippen LogP contribution in [-0.4, -0.2) is 59.7 Å². The maximum atomic E-state index is 5.66. The van der Waals surface area contributed by atoms with Gasteiger partial charge < -0.3 is 15.4 Å². The molecule has 0 aromatic carbocycles. The zero-order valence-electron chi connectivity index (χ0n) is 11.8. The first kappa shape index (κ1) is 13.8. The van der Waals surface area contributed by atoms with Crippen LogP contribution in [0, 0.1) is 5.92 Å². The molecule has 0 atom stereocenters. The van der Waals surface area contributed by atoms with Crippen LogP contribution in [0.3, 0.4) is 0 Å². The van der Waals surface area contributed by atoms with Crippen LogP contribution in [0.4, 0.5) is 11.9 Å². The first-order valence-corrected chi connectivity index (χ1v) is 6.61. The summed E-state index contributed by atoms with van der Waals surface area (Å²) in [6.07, 6.45) is 0. The molecule has 1 aliphatic heterocycles. The third-order valence-electron chi connectivity index (χ3n) is 3.08. The van der Waals surface area contributed by atoms with Crippen LogP contribution in [0.25, 0.3) is 0 Å². The van der Waals surface area contributed by atoms with Gasteiger partial charge in [0, 0.05) is 32.7 Å². The van der Waals surface area contributed by atoms with Crippen LogP contribution in [0.1, 0.15) is 13.8 Å². The van der Waals surface area contributed by atoms with Crippen LogP contribution >= 0.6 is 0 Å². The number of aromatic nitrogens is 3. The highest BCUT2D eigenvalue weighted by molar-refractivity contribution is 5.36. The molecule has 0 saturated carbocycles. The van der Waals surface area contributed by atoms with Crippen molar-refractivity contribution in [1.82, 2.24) is 19.9 Å². The summed E-state index contributed by atoms with van der Waals surface area (Å²) in [5.74, 6) is 1.50. The summed E-state index contributed by atoms with van der Waals surface area (Å²) in [7, 11) is 1.53. The standard InChI is InChI=1S/C12H22N6O/c1-9(2)8-17-4-6-18(7-5-17)11-14-10(13)15-12(16-11)19-3/h9H,4-8H2,1-3H3,(H2,13,14,15,16). The van der Waals surface area contributed by atoms with Crippen molar-refractivity contribution in [2.45, 2.75) is 13.8 Å². The molecule has 0 bridgehead atoms. The van der Waals surface area contributed by atoms with Gasteiger partial charge in [-0.15, -0.1) is 0 Å². The van der Waals surface area contributed by atoms with Gasteiger partial charge in [-0.25, -0.2) is 0 Å². The van der Waals surface area contributed by atoms with Crippen LogP contribution in [0.5, 0.6) is 6.01 Å². The summed E-state index contributed by atoms with van der Waals surface area (Å²) < 4.78 is 5.02. The van der Waals surface area contributed by atoms with E-state index in [1.165, 1.54) is 7.11 Å². The average molecular weight is 266 g/mol. The van der Waals surface area contributed by atoms with E-state index in [4.69, 9.17) is 10.5 Å². The van der Waals surface area contributed by atoms with Gasteiger partial charge in [-0.2, -0.15) is 15.0 Å². The molecule has 1 aliphatic rings. The number of hydrogen-bond acceptors (Lipinski definition) is 7. The number of nitrogen functional groups attached to an aromatic ring is 1. The van der Waals surface area contributed by atoms with Gasteiger partial charge in [0.15, 0.2) is 0 Å². The summed E-state index contributed by atoms with van der Waals surface area (Å²) in [5, 5.41) is 0. The predicted octanol–water partition coefficient (Wildman–Crippen LogP) is 0.240. The fraction of sp³-hybridized carbons (Fsp3) is 0.750. The number of nitrogens with two attached hydrogens (primary N) is 1. The SMILES string of the molecule is COc1nc(N)nc(N2CCN(CC(C)C)CC2)n1. The average Bonchev–Trinajstić information content (AvgIpc) is 2.38. The van der Waals surface area contributed by atoms with Crippen molar-refractivity contribution >= 4 is 11.9 Å². The number of anilines is 2. The van der Waals surface area contributed by atoms with E-state index in [0.717, 1.165) is 32.7 Å². The van der Waals surface area contributed by atoms with Gasteiger partial charge in [0.1, 0.15) is 0 Å². The topological polar surface area (TPSA) is 80.4 Å². The molecule has 1 saturated heterocycles. The Bertz CT molecular complexity index is 417. The van der Waals surface area contributed by atoms with Crippen molar-refractivity contribution in [3.05, 3.63) is 0 Å². The predicted molar refractivity (Wildman–Crippen MR) is 74.3 cm³/mol. The van der Waals surface area contributed by atoms with Gasteiger partial charge in [0.2, 0.25) is 11.9 Å². The van der Waals surface area contributed by atoms with E-state index in [-0.39, 0.29) is 12.0 Å². The van der Waals surface area contributed by atoms with Gasteiger partial charge in [-0.05, 0) is 5.92 Å². The first-order chi connectivity index (χ1) is 9.08. The molecule has 106 valence electrons. The van der Waals surface area contributed by atoms with E-state index in [2.05, 4.69) is 38.6 Å². The normalized spacial score (nSPS) is 16.9. The number of nitrogens with zero attached hydrogens (tertiary/aromatic N) is 5. The first-order valence-electron chi connectivity index (χ1n) is 6.61. The van der Waals surface area contributed by atoms with E-state index in [1.54, 1.807) is 0 Å². The zero-order chi connectivity index (χ0) is 13.8. The summed E-state index contributed by atoms with van der Waals surface area (Å²) in [4.78, 5) is 16.9. The van der Waals surface area contributed by atoms with Gasteiger partial charge >= 0.3 is 6.01 Å². The molecule has 7 heteroatoms. The highest BCUT2D eigenvalue weighted by atomic mass is 16.5. The van der Waals surface area contributed by atoms with E-state index in [9.17, 15) is 0 Å². The lowest BCUT2D eigenvalue weighted by Crippen LogP contribution is -2.48. The molecule has 7 nitrogen and oxygen atoms in total. The number of piperazine rings is 1. The van der Waals surface area contributed by atoms with Crippen molar-refractivity contribution in [3.63, 3.8) is 0 Å². The smallest absolute Gasteiger partial charge is 0.322 e. The minimum absolute atomic E-state index is 0.200. The van der Waals surface area contributed by atoms with Crippen molar-refractivity contribution in [3.8, 4) is 6.01 Å². The Morgan fingerprint density at radius 2 is 1.84 bits per heavy atom. The largest absolute Gasteiger partial charge is 0.467 e. The molecule has 2 heterocycles. The monoisotopic (exact) mass is 266 g/mol. The lowest BCUT2D eigenvalue weighted by atomic mass is 10.2. The lowest BCUT2D eigenvalue weighted by Gasteiger charge is -2.35. The fourth-order valence-corrected chi connectivity index (χ4v) is 2.24. The highest BCUT2D eigenvalue weighted by Gasteiger charge is 2.20. The Kier molecular flexibility index (Phi) is 4.36. The molecular weight excluding hydrogens is 244 g/mol. The maximum Gasteiger partial charge on any atom is 0.322 e. The van der Waals surface area contributed by atoms with Gasteiger partial charge in [-0.3, -0.25) is 4.90 Å². The molecule has 0 aliphatic carbocycles. The third kappa shape index (κ3) is 3.66. The second-order valence-electron chi connectivity index (χ2n) is 5.16. The molecule has 0 amide bonds. The van der Waals surface area contributed by atoms with Gasteiger partial charge in [-0.1, -0.05) is 13.8 Å². The van der Waals surface area contributed by atoms with Crippen molar-refractivity contribution in [1.29, 1.82) is 0 Å². The van der Waals surface area contributed by atoms with Crippen molar-refractivity contribution in [2.24, 2.45) is 5.92 Å². The minimum atomic E-state index is 0.200. The summed E-state index contributed by atoms with van der Waals surface area (Å²) in [6, 6.07) is 0.270. The van der Waals surface area contributed by atoms with Crippen LogP contribution in [0.15, 0.2) is 0 Å². The Labute approximate surface area is 113 Å². The maximum absolute atomic E-state index is 5.66. The minimum Gasteiger partial charge on any atom is -0.467 e. The second kappa shape index (κ2) is 6.01. The van der Waals surface area contributed by atoms with Crippen LogP contribution in [0.2, 0.25) is 0 Å². The van der Waals surface area contributed by atoms with E-state index in [0.29, 0.717) is 11.9 Å². The zero-order valence-corrected chi connectivity index (χ0v) is 11.8. The van der Waals surface area contributed by atoms with E-state index in [1.807, 2.05) is 0 Å². The third-order valence-corrected chi connectivity index (χ3v) is 3.08. The van der Waals surface area contributed by atoms with E-state index >= 15 is 0 Å². The van der Waals surface area contributed by atoms with Gasteiger partial charge in [0.25, 0.3) is 0 Å². The molecule has 2 rings (SSSR count). The molecule has 0 unspecified atom stereocenters. The Morgan fingerprint density at radius 1 is 1.16 bits per heavy atom. The van der Waals surface area contributed by atoms with Crippen LogP contribution in [-0.2, 0) is 0 Å². The number of hydrogen-bond donors (Lipinski definition) is 1. The molecule has 0 spiro atoms. The van der Waals surface area contributed by atoms with Gasteiger partial charge in [0.05, 0.1) is 7.11 Å². The lowest BCUT2D eigenvalue weighted by molar-refractivity contribution is 0.230. The van der Waals surface area contributed by atoms with E-state index < -0.39 is 0 Å². The molecule has 1 aromatic heterocycles. The molecule has 19 heavy (non-hydrogen) atoms. The molecule has 1 fully saturated rings. The number of ether oxygens (including phenoxy) is 1. The number of rotatable bonds is 4. The fourth-order valence-electron chi connectivity index (χ4n) is 2.24. The Balaban J connectivity index is 1.99. The summed E-state index contributed by atoms with van der Waals surface area (Å²) in [6.45, 7) is 9.46. The molecule has 1 aromatic rings. The Morgan fingerprint density at radius 3 is 2.42 bits per heavy atom. The van der Waals surface area contributed by atoms with Crippen LogP contribution < -0.4 is 15.4 Å². The molecular formula is C12H22N6O. The molecule has 2 N–H and O–H groups in total.